The third kappa shape index (κ3) is 1.13. The molecule has 1 aliphatic rings. The van der Waals surface area contributed by atoms with Crippen molar-refractivity contribution in [3.63, 3.8) is 0 Å². The van der Waals surface area contributed by atoms with Crippen molar-refractivity contribution in [3.8, 4) is 0 Å². The lowest BCUT2D eigenvalue weighted by molar-refractivity contribution is 0.387. The zero-order chi connectivity index (χ0) is 7.78. The minimum Gasteiger partial charge on any atom is -0.269 e. The van der Waals surface area contributed by atoms with Crippen LogP contribution in [0.2, 0.25) is 0 Å². The summed E-state index contributed by atoms with van der Waals surface area (Å²) in [5, 5.41) is 0. The van der Waals surface area contributed by atoms with Gasteiger partial charge in [0.2, 0.25) is 0 Å². The normalized spacial score (nSPS) is 30.0. The van der Waals surface area contributed by atoms with Crippen molar-refractivity contribution in [2.75, 3.05) is 0 Å². The second kappa shape index (κ2) is 2.22. The van der Waals surface area contributed by atoms with Gasteiger partial charge in [-0.25, -0.2) is 0 Å². The SMILES string of the molecule is CC1=CN=CC(C)(C)C1C. The Balaban J connectivity index is 2.89. The summed E-state index contributed by atoms with van der Waals surface area (Å²) in [6, 6.07) is 0. The van der Waals surface area contributed by atoms with E-state index in [4.69, 9.17) is 0 Å². The molecule has 1 heterocycles. The Kier molecular flexibility index (Phi) is 1.67. The van der Waals surface area contributed by atoms with Gasteiger partial charge in [-0.3, -0.25) is 4.99 Å². The van der Waals surface area contributed by atoms with Gasteiger partial charge < -0.3 is 0 Å². The number of allylic oxidation sites excluding steroid dienone is 1. The molecule has 0 aromatic heterocycles. The molecule has 56 valence electrons. The highest BCUT2D eigenvalue weighted by Gasteiger charge is 2.26. The maximum atomic E-state index is 4.17. The van der Waals surface area contributed by atoms with E-state index in [1.54, 1.807) is 0 Å². The Hall–Kier alpha value is -0.590. The minimum atomic E-state index is 0.249. The van der Waals surface area contributed by atoms with Crippen LogP contribution in [0.5, 0.6) is 0 Å². The average molecular weight is 137 g/mol. The Morgan fingerprint density at radius 3 is 2.50 bits per heavy atom. The summed E-state index contributed by atoms with van der Waals surface area (Å²) >= 11 is 0. The Morgan fingerprint density at radius 2 is 2.10 bits per heavy atom. The number of rotatable bonds is 0. The zero-order valence-electron chi connectivity index (χ0n) is 7.18. The Morgan fingerprint density at radius 1 is 1.50 bits per heavy atom. The van der Waals surface area contributed by atoms with Crippen LogP contribution in [-0.2, 0) is 0 Å². The van der Waals surface area contributed by atoms with Crippen LogP contribution in [0.25, 0.3) is 0 Å². The lowest BCUT2D eigenvalue weighted by Gasteiger charge is -2.30. The first kappa shape index (κ1) is 7.52. The molecule has 0 saturated carbocycles. The molecule has 0 aromatic carbocycles. The minimum absolute atomic E-state index is 0.249. The van der Waals surface area contributed by atoms with Gasteiger partial charge in [-0.05, 0) is 12.8 Å². The van der Waals surface area contributed by atoms with Crippen molar-refractivity contribution < 1.29 is 0 Å². The monoisotopic (exact) mass is 137 g/mol. The van der Waals surface area contributed by atoms with Gasteiger partial charge in [-0.2, -0.15) is 0 Å². The zero-order valence-corrected chi connectivity index (χ0v) is 7.18. The van der Waals surface area contributed by atoms with Gasteiger partial charge in [0.1, 0.15) is 0 Å². The molecule has 1 rings (SSSR count). The Bertz CT molecular complexity index is 187. The van der Waals surface area contributed by atoms with Gasteiger partial charge in [0.15, 0.2) is 0 Å². The van der Waals surface area contributed by atoms with Crippen molar-refractivity contribution >= 4 is 6.21 Å². The second-order valence-electron chi connectivity index (χ2n) is 3.69. The van der Waals surface area contributed by atoms with Crippen LogP contribution >= 0.6 is 0 Å². The Labute approximate surface area is 62.9 Å². The lowest BCUT2D eigenvalue weighted by atomic mass is 9.76. The van der Waals surface area contributed by atoms with Gasteiger partial charge in [0.05, 0.1) is 0 Å². The molecule has 0 fully saturated rings. The molecule has 0 aromatic rings. The summed E-state index contributed by atoms with van der Waals surface area (Å²) in [5.41, 5.74) is 1.63. The molecule has 0 N–H and O–H groups in total. The molecule has 1 nitrogen and oxygen atoms in total. The van der Waals surface area contributed by atoms with Gasteiger partial charge in [0, 0.05) is 17.8 Å². The summed E-state index contributed by atoms with van der Waals surface area (Å²) in [4.78, 5) is 4.17. The highest BCUT2D eigenvalue weighted by atomic mass is 14.7. The van der Waals surface area contributed by atoms with Gasteiger partial charge >= 0.3 is 0 Å². The lowest BCUT2D eigenvalue weighted by Crippen LogP contribution is -2.26. The van der Waals surface area contributed by atoms with Crippen LogP contribution in [0.1, 0.15) is 27.7 Å². The molecule has 0 saturated heterocycles. The van der Waals surface area contributed by atoms with Crippen molar-refractivity contribution in [3.05, 3.63) is 11.8 Å². The summed E-state index contributed by atoms with van der Waals surface area (Å²) in [6.07, 6.45) is 3.99. The largest absolute Gasteiger partial charge is 0.269 e. The molecule has 10 heavy (non-hydrogen) atoms. The van der Waals surface area contributed by atoms with Gasteiger partial charge in [-0.15, -0.1) is 0 Å². The van der Waals surface area contributed by atoms with Crippen molar-refractivity contribution in [1.82, 2.24) is 0 Å². The van der Waals surface area contributed by atoms with E-state index in [9.17, 15) is 0 Å². The predicted octanol–water partition coefficient (Wildman–Crippen LogP) is 2.64. The van der Waals surface area contributed by atoms with E-state index in [1.165, 1.54) is 5.57 Å². The first-order valence-corrected chi connectivity index (χ1v) is 3.75. The molecule has 0 amide bonds. The topological polar surface area (TPSA) is 12.4 Å². The molecule has 0 radical (unpaired) electrons. The second-order valence-corrected chi connectivity index (χ2v) is 3.69. The molecule has 1 unspecified atom stereocenters. The third-order valence-electron chi connectivity index (χ3n) is 2.48. The molecule has 1 aliphatic heterocycles. The van der Waals surface area contributed by atoms with E-state index in [0.717, 1.165) is 0 Å². The fraction of sp³-hybridized carbons (Fsp3) is 0.667. The smallest absolute Gasteiger partial charge is 0.0256 e. The fourth-order valence-corrected chi connectivity index (χ4v) is 1.16. The van der Waals surface area contributed by atoms with E-state index < -0.39 is 0 Å². The fourth-order valence-electron chi connectivity index (χ4n) is 1.16. The van der Waals surface area contributed by atoms with E-state index in [1.807, 2.05) is 12.4 Å². The van der Waals surface area contributed by atoms with Gasteiger partial charge in [-0.1, -0.05) is 26.3 Å². The molecular weight excluding hydrogens is 122 g/mol. The standard InChI is InChI=1S/C9H15N/c1-7-5-10-6-9(3,4)8(7)2/h5-6,8H,1-4H3. The first-order chi connectivity index (χ1) is 4.54. The number of aliphatic imine (C=N–C) groups is 1. The number of hydrogen-bond donors (Lipinski definition) is 0. The predicted molar refractivity (Wildman–Crippen MR) is 45.2 cm³/mol. The third-order valence-corrected chi connectivity index (χ3v) is 2.48. The number of hydrogen-bond acceptors (Lipinski definition) is 1. The van der Waals surface area contributed by atoms with Crippen LogP contribution in [0, 0.1) is 11.3 Å². The molecule has 0 bridgehead atoms. The van der Waals surface area contributed by atoms with E-state index >= 15 is 0 Å². The maximum Gasteiger partial charge on any atom is 0.0256 e. The molecule has 0 aliphatic carbocycles. The number of nitrogens with zero attached hydrogens (tertiary/aromatic N) is 1. The molecule has 0 spiro atoms. The highest BCUT2D eigenvalue weighted by Crippen LogP contribution is 2.32. The van der Waals surface area contributed by atoms with E-state index in [0.29, 0.717) is 5.92 Å². The molecule has 1 atom stereocenters. The summed E-state index contributed by atoms with van der Waals surface area (Å²) in [5.74, 6) is 0.630. The van der Waals surface area contributed by atoms with Gasteiger partial charge in [0.25, 0.3) is 0 Å². The van der Waals surface area contributed by atoms with Crippen molar-refractivity contribution in [2.45, 2.75) is 27.7 Å². The first-order valence-electron chi connectivity index (χ1n) is 3.75. The van der Waals surface area contributed by atoms with Crippen LogP contribution in [0.15, 0.2) is 16.8 Å². The van der Waals surface area contributed by atoms with E-state index in [-0.39, 0.29) is 5.41 Å². The summed E-state index contributed by atoms with van der Waals surface area (Å²) in [7, 11) is 0. The van der Waals surface area contributed by atoms with Crippen molar-refractivity contribution in [1.29, 1.82) is 0 Å². The van der Waals surface area contributed by atoms with Crippen LogP contribution in [0.4, 0.5) is 0 Å². The maximum absolute atomic E-state index is 4.17. The summed E-state index contributed by atoms with van der Waals surface area (Å²) < 4.78 is 0. The summed E-state index contributed by atoms with van der Waals surface area (Å²) in [6.45, 7) is 8.83. The molecular formula is C9H15N. The molecule has 1 heteroatoms. The van der Waals surface area contributed by atoms with Crippen molar-refractivity contribution in [2.24, 2.45) is 16.3 Å². The quantitative estimate of drug-likeness (QED) is 0.486. The van der Waals surface area contributed by atoms with Crippen LogP contribution in [0.3, 0.4) is 0 Å². The van der Waals surface area contributed by atoms with Crippen LogP contribution in [-0.4, -0.2) is 6.21 Å². The van der Waals surface area contributed by atoms with E-state index in [2.05, 4.69) is 32.7 Å². The average Bonchev–Trinajstić information content (AvgIpc) is 1.83. The van der Waals surface area contributed by atoms with Crippen LogP contribution < -0.4 is 0 Å². The highest BCUT2D eigenvalue weighted by molar-refractivity contribution is 5.68.